The largest absolute Gasteiger partial charge is 0.350 e. The Hall–Kier alpha value is -1.27. The molecule has 84 valence electrons. The van der Waals surface area contributed by atoms with Crippen molar-refractivity contribution in [3.63, 3.8) is 0 Å². The Balaban J connectivity index is 1.69. The maximum Gasteiger partial charge on any atom is 0.230 e. The molecule has 2 heterocycles. The number of H-pyrrole nitrogens is 1. The van der Waals surface area contributed by atoms with Gasteiger partial charge in [-0.15, -0.1) is 23.1 Å². The number of nitrogens with one attached hydrogen (secondary N) is 2. The van der Waals surface area contributed by atoms with Gasteiger partial charge in [0, 0.05) is 6.20 Å². The summed E-state index contributed by atoms with van der Waals surface area (Å²) in [5, 5.41) is 4.83. The Morgan fingerprint density at radius 1 is 1.62 bits per heavy atom. The van der Waals surface area contributed by atoms with E-state index in [0.717, 1.165) is 9.90 Å². The number of amides is 1. The Labute approximate surface area is 101 Å². The summed E-state index contributed by atoms with van der Waals surface area (Å²) in [4.78, 5) is 18.3. The van der Waals surface area contributed by atoms with Crippen LogP contribution < -0.4 is 5.32 Å². The van der Waals surface area contributed by atoms with Crippen LogP contribution in [-0.2, 0) is 11.3 Å². The van der Waals surface area contributed by atoms with Crippen molar-refractivity contribution in [2.24, 2.45) is 0 Å². The minimum Gasteiger partial charge on any atom is -0.350 e. The summed E-state index contributed by atoms with van der Waals surface area (Å²) in [6, 6.07) is 3.99. The van der Waals surface area contributed by atoms with Crippen molar-refractivity contribution in [3.8, 4) is 0 Å². The molecule has 0 saturated heterocycles. The predicted molar refractivity (Wildman–Crippen MR) is 65.5 cm³/mol. The van der Waals surface area contributed by atoms with E-state index in [-0.39, 0.29) is 5.91 Å². The van der Waals surface area contributed by atoms with Gasteiger partial charge in [0.2, 0.25) is 5.91 Å². The lowest BCUT2D eigenvalue weighted by Crippen LogP contribution is -2.24. The zero-order valence-electron chi connectivity index (χ0n) is 8.47. The summed E-state index contributed by atoms with van der Waals surface area (Å²) in [6.45, 7) is 0.504. The van der Waals surface area contributed by atoms with Crippen LogP contribution in [0.15, 0.2) is 34.2 Å². The normalized spacial score (nSPS) is 10.2. The van der Waals surface area contributed by atoms with E-state index in [2.05, 4.69) is 15.3 Å². The van der Waals surface area contributed by atoms with Crippen LogP contribution in [0.2, 0.25) is 0 Å². The van der Waals surface area contributed by atoms with E-state index in [1.165, 1.54) is 0 Å². The number of rotatable bonds is 5. The highest BCUT2D eigenvalue weighted by molar-refractivity contribution is 8.01. The molecular weight excluding hydrogens is 242 g/mol. The van der Waals surface area contributed by atoms with Crippen molar-refractivity contribution in [1.82, 2.24) is 15.3 Å². The molecule has 0 unspecified atom stereocenters. The number of carbonyl (C=O) groups excluding carboxylic acids is 1. The van der Waals surface area contributed by atoms with Crippen molar-refractivity contribution >= 4 is 29.0 Å². The van der Waals surface area contributed by atoms with Crippen molar-refractivity contribution in [1.29, 1.82) is 0 Å². The number of imidazole rings is 1. The SMILES string of the molecule is O=C(CSc1cccs1)NCc1cnc[nH]1. The fourth-order valence-corrected chi connectivity index (χ4v) is 2.72. The van der Waals surface area contributed by atoms with Gasteiger partial charge < -0.3 is 10.3 Å². The van der Waals surface area contributed by atoms with E-state index in [1.807, 2.05) is 17.5 Å². The number of thioether (sulfide) groups is 1. The monoisotopic (exact) mass is 253 g/mol. The summed E-state index contributed by atoms with van der Waals surface area (Å²) in [5.74, 6) is 0.488. The molecule has 4 nitrogen and oxygen atoms in total. The zero-order valence-corrected chi connectivity index (χ0v) is 10.1. The highest BCUT2D eigenvalue weighted by Crippen LogP contribution is 2.22. The number of carbonyl (C=O) groups is 1. The molecule has 0 atom stereocenters. The van der Waals surface area contributed by atoms with Crippen LogP contribution in [0.25, 0.3) is 0 Å². The number of aromatic amines is 1. The first kappa shape index (κ1) is 11.2. The molecule has 0 saturated carbocycles. The van der Waals surface area contributed by atoms with Gasteiger partial charge in [-0.25, -0.2) is 4.98 Å². The van der Waals surface area contributed by atoms with Gasteiger partial charge in [-0.3, -0.25) is 4.79 Å². The lowest BCUT2D eigenvalue weighted by molar-refractivity contribution is -0.118. The standard InChI is InChI=1S/C10H11N3OS2/c14-9(6-16-10-2-1-3-15-10)12-5-8-4-11-7-13-8/h1-4,7H,5-6H2,(H,11,13)(H,12,14). The molecule has 1 amide bonds. The number of hydrogen-bond donors (Lipinski definition) is 2. The number of thiophene rings is 1. The second kappa shape index (κ2) is 5.72. The topological polar surface area (TPSA) is 57.8 Å². The van der Waals surface area contributed by atoms with E-state index in [4.69, 9.17) is 0 Å². The van der Waals surface area contributed by atoms with Crippen molar-refractivity contribution < 1.29 is 4.79 Å². The average Bonchev–Trinajstić information content (AvgIpc) is 2.96. The molecule has 0 fully saturated rings. The van der Waals surface area contributed by atoms with Gasteiger partial charge in [-0.1, -0.05) is 6.07 Å². The molecule has 0 aliphatic rings. The molecule has 16 heavy (non-hydrogen) atoms. The number of hydrogen-bond acceptors (Lipinski definition) is 4. The van der Waals surface area contributed by atoms with Crippen LogP contribution in [0.3, 0.4) is 0 Å². The Morgan fingerprint density at radius 3 is 3.25 bits per heavy atom. The van der Waals surface area contributed by atoms with Crippen molar-refractivity contribution in [2.75, 3.05) is 5.75 Å². The maximum absolute atomic E-state index is 11.5. The van der Waals surface area contributed by atoms with Gasteiger partial charge in [0.1, 0.15) is 0 Å². The summed E-state index contributed by atoms with van der Waals surface area (Å²) in [5.41, 5.74) is 0.912. The quantitative estimate of drug-likeness (QED) is 0.800. The first-order valence-electron chi connectivity index (χ1n) is 4.75. The van der Waals surface area contributed by atoms with Gasteiger partial charge >= 0.3 is 0 Å². The third-order valence-corrected chi connectivity index (χ3v) is 4.00. The summed E-state index contributed by atoms with van der Waals surface area (Å²) < 4.78 is 1.16. The van der Waals surface area contributed by atoms with E-state index in [9.17, 15) is 4.79 Å². The molecule has 0 aliphatic carbocycles. The number of aromatic nitrogens is 2. The van der Waals surface area contributed by atoms with Crippen LogP contribution in [-0.4, -0.2) is 21.6 Å². The number of nitrogens with zero attached hydrogens (tertiary/aromatic N) is 1. The average molecular weight is 253 g/mol. The predicted octanol–water partition coefficient (Wildman–Crippen LogP) is 1.88. The molecule has 2 aromatic heterocycles. The molecule has 0 aliphatic heterocycles. The fraction of sp³-hybridized carbons (Fsp3) is 0.200. The minimum absolute atomic E-state index is 0.0352. The maximum atomic E-state index is 11.5. The van der Waals surface area contributed by atoms with Crippen molar-refractivity contribution in [2.45, 2.75) is 10.8 Å². The Kier molecular flexibility index (Phi) is 4.01. The van der Waals surface area contributed by atoms with Crippen molar-refractivity contribution in [3.05, 3.63) is 35.7 Å². The van der Waals surface area contributed by atoms with Gasteiger partial charge in [0.05, 0.1) is 28.5 Å². The first-order chi connectivity index (χ1) is 7.84. The van der Waals surface area contributed by atoms with E-state index >= 15 is 0 Å². The van der Waals surface area contributed by atoms with Crippen LogP contribution in [0.5, 0.6) is 0 Å². The lowest BCUT2D eigenvalue weighted by Gasteiger charge is -2.02. The highest BCUT2D eigenvalue weighted by atomic mass is 32.2. The Morgan fingerprint density at radius 2 is 2.56 bits per heavy atom. The molecular formula is C10H11N3OS2. The molecule has 6 heteroatoms. The van der Waals surface area contributed by atoms with Crippen LogP contribution in [0, 0.1) is 0 Å². The Bertz CT molecular complexity index is 385. The summed E-state index contributed by atoms with van der Waals surface area (Å²) in [6.07, 6.45) is 3.30. The molecule has 0 aromatic carbocycles. The van der Waals surface area contributed by atoms with E-state index < -0.39 is 0 Å². The summed E-state index contributed by atoms with van der Waals surface area (Å²) >= 11 is 3.20. The second-order valence-electron chi connectivity index (χ2n) is 3.07. The third kappa shape index (κ3) is 3.39. The third-order valence-electron chi connectivity index (χ3n) is 1.87. The minimum atomic E-state index is 0.0352. The molecule has 0 bridgehead atoms. The van der Waals surface area contributed by atoms with E-state index in [0.29, 0.717) is 12.3 Å². The van der Waals surface area contributed by atoms with E-state index in [1.54, 1.807) is 35.6 Å². The second-order valence-corrected chi connectivity index (χ2v) is 5.30. The molecule has 0 spiro atoms. The van der Waals surface area contributed by atoms with Gasteiger partial charge in [-0.05, 0) is 11.4 Å². The highest BCUT2D eigenvalue weighted by Gasteiger charge is 2.03. The van der Waals surface area contributed by atoms with Gasteiger partial charge in [-0.2, -0.15) is 0 Å². The summed E-state index contributed by atoms with van der Waals surface area (Å²) in [7, 11) is 0. The molecule has 2 rings (SSSR count). The molecule has 0 radical (unpaired) electrons. The fourth-order valence-electron chi connectivity index (χ4n) is 1.11. The van der Waals surface area contributed by atoms with Crippen LogP contribution >= 0.6 is 23.1 Å². The van der Waals surface area contributed by atoms with Crippen LogP contribution in [0.4, 0.5) is 0 Å². The molecule has 2 N–H and O–H groups in total. The first-order valence-corrected chi connectivity index (χ1v) is 6.61. The van der Waals surface area contributed by atoms with Crippen LogP contribution in [0.1, 0.15) is 5.69 Å². The molecule has 2 aromatic rings. The lowest BCUT2D eigenvalue weighted by atomic mass is 10.5. The smallest absolute Gasteiger partial charge is 0.230 e. The van der Waals surface area contributed by atoms with Gasteiger partial charge in [0.25, 0.3) is 0 Å². The van der Waals surface area contributed by atoms with Gasteiger partial charge in [0.15, 0.2) is 0 Å². The zero-order chi connectivity index (χ0) is 11.2.